The van der Waals surface area contributed by atoms with Crippen molar-refractivity contribution in [3.8, 4) is 5.69 Å². The molecule has 1 amide bonds. The van der Waals surface area contributed by atoms with E-state index in [1.807, 2.05) is 12.1 Å². The normalized spacial score (nSPS) is 13.4. The molecule has 0 saturated carbocycles. The Balaban J connectivity index is 1.38. The Morgan fingerprint density at radius 2 is 2.07 bits per heavy atom. The average Bonchev–Trinajstić information content (AvgIpc) is 3.32. The molecule has 0 spiro atoms. The number of amides is 1. The molecule has 1 N–H and O–H groups in total. The Morgan fingerprint density at radius 3 is 2.85 bits per heavy atom. The van der Waals surface area contributed by atoms with E-state index in [9.17, 15) is 4.79 Å². The summed E-state index contributed by atoms with van der Waals surface area (Å²) in [4.78, 5) is 18.2. The molecule has 0 radical (unpaired) electrons. The van der Waals surface area contributed by atoms with Gasteiger partial charge in [0.1, 0.15) is 0 Å². The maximum absolute atomic E-state index is 12.3. The van der Waals surface area contributed by atoms with Gasteiger partial charge in [0.15, 0.2) is 5.13 Å². The summed E-state index contributed by atoms with van der Waals surface area (Å²) in [6.07, 6.45) is 5.46. The van der Waals surface area contributed by atoms with Crippen molar-refractivity contribution in [1.29, 1.82) is 0 Å². The lowest BCUT2D eigenvalue weighted by atomic mass is 10.0. The van der Waals surface area contributed by atoms with Gasteiger partial charge in [-0.25, -0.2) is 4.98 Å². The minimum Gasteiger partial charge on any atom is -0.301 e. The van der Waals surface area contributed by atoms with E-state index in [2.05, 4.69) is 44.9 Å². The second-order valence-corrected chi connectivity index (χ2v) is 8.35. The quantitative estimate of drug-likeness (QED) is 0.639. The first-order valence-corrected chi connectivity index (χ1v) is 10.8. The third kappa shape index (κ3) is 4.19. The molecule has 2 heterocycles. The first kappa shape index (κ1) is 18.1. The zero-order valence-corrected chi connectivity index (χ0v) is 16.6. The van der Waals surface area contributed by atoms with Gasteiger partial charge in [-0.05, 0) is 60.2 Å². The average molecular weight is 401 g/mol. The summed E-state index contributed by atoms with van der Waals surface area (Å²) in [6.45, 7) is 2.12. The van der Waals surface area contributed by atoms with E-state index in [1.165, 1.54) is 35.0 Å². The number of anilines is 1. The number of benzene rings is 1. The molecule has 0 saturated heterocycles. The molecule has 1 aliphatic rings. The molecular weight excluding hydrogens is 380 g/mol. The minimum atomic E-state index is -0.0954. The molecular formula is C18H20N6OS2. The molecule has 1 aliphatic carbocycles. The van der Waals surface area contributed by atoms with Gasteiger partial charge in [-0.3, -0.25) is 4.79 Å². The number of aryl methyl sites for hydroxylation is 3. The largest absolute Gasteiger partial charge is 0.301 e. The fourth-order valence-corrected chi connectivity index (χ4v) is 4.75. The van der Waals surface area contributed by atoms with Gasteiger partial charge in [0, 0.05) is 4.88 Å². The van der Waals surface area contributed by atoms with E-state index in [1.54, 1.807) is 16.0 Å². The van der Waals surface area contributed by atoms with Crippen LogP contribution in [0.2, 0.25) is 0 Å². The van der Waals surface area contributed by atoms with E-state index in [-0.39, 0.29) is 11.7 Å². The fraction of sp³-hybridized carbons (Fsp3) is 0.389. The summed E-state index contributed by atoms with van der Waals surface area (Å²) in [7, 11) is 0. The molecule has 0 atom stereocenters. The summed E-state index contributed by atoms with van der Waals surface area (Å²) >= 11 is 2.90. The highest BCUT2D eigenvalue weighted by Gasteiger charge is 2.17. The molecule has 0 unspecified atom stereocenters. The first-order valence-electron chi connectivity index (χ1n) is 9.02. The third-order valence-electron chi connectivity index (χ3n) is 4.45. The smallest absolute Gasteiger partial charge is 0.236 e. The Morgan fingerprint density at radius 1 is 1.26 bits per heavy atom. The lowest BCUT2D eigenvalue weighted by molar-refractivity contribution is -0.113. The molecule has 2 aromatic heterocycles. The van der Waals surface area contributed by atoms with Crippen molar-refractivity contribution in [3.05, 3.63) is 40.4 Å². The van der Waals surface area contributed by atoms with Crippen LogP contribution in [0.25, 0.3) is 5.69 Å². The van der Waals surface area contributed by atoms with Crippen molar-refractivity contribution >= 4 is 34.1 Å². The van der Waals surface area contributed by atoms with Crippen molar-refractivity contribution in [1.82, 2.24) is 25.2 Å². The van der Waals surface area contributed by atoms with Crippen LogP contribution in [0.3, 0.4) is 0 Å². The summed E-state index contributed by atoms with van der Waals surface area (Å²) in [5, 5.41) is 16.0. The van der Waals surface area contributed by atoms with E-state index in [4.69, 9.17) is 0 Å². The predicted molar refractivity (Wildman–Crippen MR) is 107 cm³/mol. The standard InChI is InChI=1S/C18H20N6OS2/c1-2-12-7-9-13(10-8-12)24-18(21-22-23-24)26-11-16(25)20-17-19-14-5-3-4-6-15(14)27-17/h7-10H,2-6,11H2,1H3,(H,19,20,25). The highest BCUT2D eigenvalue weighted by molar-refractivity contribution is 7.99. The van der Waals surface area contributed by atoms with Gasteiger partial charge in [0.25, 0.3) is 0 Å². The topological polar surface area (TPSA) is 85.6 Å². The molecule has 7 nitrogen and oxygen atoms in total. The maximum atomic E-state index is 12.3. The summed E-state index contributed by atoms with van der Waals surface area (Å²) in [5.41, 5.74) is 3.29. The summed E-state index contributed by atoms with van der Waals surface area (Å²) < 4.78 is 1.65. The van der Waals surface area contributed by atoms with Gasteiger partial charge in [0.2, 0.25) is 11.1 Å². The highest BCUT2D eigenvalue weighted by Crippen LogP contribution is 2.29. The predicted octanol–water partition coefficient (Wildman–Crippen LogP) is 3.29. The van der Waals surface area contributed by atoms with Crippen LogP contribution in [0, 0.1) is 0 Å². The maximum Gasteiger partial charge on any atom is 0.236 e. The number of hydrogen-bond donors (Lipinski definition) is 1. The number of nitrogens with one attached hydrogen (secondary N) is 1. The molecule has 140 valence electrons. The number of hydrogen-bond acceptors (Lipinski definition) is 7. The Kier molecular flexibility index (Phi) is 5.49. The molecule has 9 heteroatoms. The van der Waals surface area contributed by atoms with E-state index in [0.29, 0.717) is 10.3 Å². The second kappa shape index (κ2) is 8.18. The first-order chi connectivity index (χ1) is 13.2. The van der Waals surface area contributed by atoms with Crippen LogP contribution in [-0.2, 0) is 24.1 Å². The van der Waals surface area contributed by atoms with Crippen molar-refractivity contribution < 1.29 is 4.79 Å². The van der Waals surface area contributed by atoms with E-state index >= 15 is 0 Å². The molecule has 0 fully saturated rings. The molecule has 1 aromatic carbocycles. The Bertz CT molecular complexity index is 910. The molecule has 27 heavy (non-hydrogen) atoms. The number of carbonyl (C=O) groups excluding carboxylic acids is 1. The van der Waals surface area contributed by atoms with Crippen LogP contribution in [0.15, 0.2) is 29.4 Å². The van der Waals surface area contributed by atoms with Crippen molar-refractivity contribution in [2.24, 2.45) is 0 Å². The molecule has 0 aliphatic heterocycles. The Hall–Kier alpha value is -2.26. The van der Waals surface area contributed by atoms with Gasteiger partial charge < -0.3 is 5.32 Å². The van der Waals surface area contributed by atoms with Crippen molar-refractivity contribution in [2.75, 3.05) is 11.1 Å². The zero-order chi connectivity index (χ0) is 18.6. The van der Waals surface area contributed by atoms with Gasteiger partial charge >= 0.3 is 0 Å². The van der Waals surface area contributed by atoms with Gasteiger partial charge in [-0.1, -0.05) is 30.8 Å². The SMILES string of the molecule is CCc1ccc(-n2nnnc2SCC(=O)Nc2nc3c(s2)CCCC3)cc1. The lowest BCUT2D eigenvalue weighted by Crippen LogP contribution is -2.14. The van der Waals surface area contributed by atoms with E-state index < -0.39 is 0 Å². The second-order valence-electron chi connectivity index (χ2n) is 6.33. The number of fused-ring (bicyclic) bond motifs is 1. The van der Waals surface area contributed by atoms with E-state index in [0.717, 1.165) is 30.6 Å². The summed E-state index contributed by atoms with van der Waals surface area (Å²) in [6, 6.07) is 8.09. The minimum absolute atomic E-state index is 0.0954. The fourth-order valence-electron chi connectivity index (χ4n) is 2.99. The number of nitrogens with zero attached hydrogens (tertiary/aromatic N) is 5. The molecule has 3 aromatic rings. The third-order valence-corrected chi connectivity index (χ3v) is 6.45. The van der Waals surface area contributed by atoms with Crippen LogP contribution >= 0.6 is 23.1 Å². The van der Waals surface area contributed by atoms with Gasteiger partial charge in [-0.15, -0.1) is 16.4 Å². The van der Waals surface area contributed by atoms with Crippen molar-refractivity contribution in [2.45, 2.75) is 44.2 Å². The van der Waals surface area contributed by atoms with Crippen LogP contribution in [-0.4, -0.2) is 36.9 Å². The number of thiazole rings is 1. The van der Waals surface area contributed by atoms with Crippen LogP contribution in [0.5, 0.6) is 0 Å². The van der Waals surface area contributed by atoms with Gasteiger partial charge in [0.05, 0.1) is 17.1 Å². The summed E-state index contributed by atoms with van der Waals surface area (Å²) in [5.74, 6) is 0.138. The van der Waals surface area contributed by atoms with Crippen LogP contribution in [0.4, 0.5) is 5.13 Å². The van der Waals surface area contributed by atoms with Crippen LogP contribution < -0.4 is 5.32 Å². The monoisotopic (exact) mass is 400 g/mol. The van der Waals surface area contributed by atoms with Crippen LogP contribution in [0.1, 0.15) is 35.9 Å². The lowest BCUT2D eigenvalue weighted by Gasteiger charge is -2.06. The number of thioether (sulfide) groups is 1. The highest BCUT2D eigenvalue weighted by atomic mass is 32.2. The van der Waals surface area contributed by atoms with Crippen molar-refractivity contribution in [3.63, 3.8) is 0 Å². The van der Waals surface area contributed by atoms with Gasteiger partial charge in [-0.2, -0.15) is 4.68 Å². The number of tetrazole rings is 1. The number of aromatic nitrogens is 5. The zero-order valence-electron chi connectivity index (χ0n) is 15.0. The molecule has 4 rings (SSSR count). The Labute approximate surface area is 165 Å². The number of carbonyl (C=O) groups is 1. The number of rotatable bonds is 6. The molecule has 0 bridgehead atoms.